The van der Waals surface area contributed by atoms with E-state index in [0.717, 1.165) is 0 Å². The Hall–Kier alpha value is -2.40. The zero-order valence-corrected chi connectivity index (χ0v) is 13.1. The highest BCUT2D eigenvalue weighted by atomic mass is 35.5. The van der Waals surface area contributed by atoms with Crippen molar-refractivity contribution in [2.75, 3.05) is 7.11 Å². The first-order chi connectivity index (χ1) is 11.0. The third kappa shape index (κ3) is 4.53. The summed E-state index contributed by atoms with van der Waals surface area (Å²) < 4.78 is 18.0. The molecule has 6 heteroatoms. The zero-order valence-electron chi connectivity index (χ0n) is 12.4. The predicted molar refractivity (Wildman–Crippen MR) is 84.8 cm³/mol. The maximum atomic E-state index is 13.3. The van der Waals surface area contributed by atoms with Crippen molar-refractivity contribution in [2.24, 2.45) is 0 Å². The molecule has 0 aromatic heterocycles. The van der Waals surface area contributed by atoms with Gasteiger partial charge in [-0.2, -0.15) is 0 Å². The van der Waals surface area contributed by atoms with E-state index in [4.69, 9.17) is 16.3 Å². The van der Waals surface area contributed by atoms with Crippen molar-refractivity contribution in [3.63, 3.8) is 0 Å². The summed E-state index contributed by atoms with van der Waals surface area (Å²) >= 11 is 5.97. The molecule has 1 amide bonds. The van der Waals surface area contributed by atoms with E-state index >= 15 is 0 Å². The summed E-state index contributed by atoms with van der Waals surface area (Å²) in [5, 5.41) is 2.85. The molecule has 2 rings (SSSR count). The zero-order chi connectivity index (χ0) is 16.8. The maximum Gasteiger partial charge on any atom is 0.328 e. The second-order valence-corrected chi connectivity index (χ2v) is 5.27. The topological polar surface area (TPSA) is 55.4 Å². The maximum absolute atomic E-state index is 13.3. The van der Waals surface area contributed by atoms with Gasteiger partial charge in [-0.05, 0) is 29.8 Å². The molecule has 1 N–H and O–H groups in total. The number of esters is 1. The molecule has 0 radical (unpaired) electrons. The van der Waals surface area contributed by atoms with Crippen molar-refractivity contribution in [1.82, 2.24) is 5.32 Å². The first-order valence-electron chi connectivity index (χ1n) is 6.89. The van der Waals surface area contributed by atoms with Gasteiger partial charge < -0.3 is 10.1 Å². The van der Waals surface area contributed by atoms with Crippen LogP contribution in [0.2, 0.25) is 5.02 Å². The van der Waals surface area contributed by atoms with Gasteiger partial charge in [0, 0.05) is 6.42 Å². The molecule has 0 saturated heterocycles. The first-order valence-corrected chi connectivity index (χ1v) is 7.26. The van der Waals surface area contributed by atoms with E-state index in [9.17, 15) is 14.0 Å². The molecule has 0 bridgehead atoms. The van der Waals surface area contributed by atoms with Crippen LogP contribution in [0.3, 0.4) is 0 Å². The van der Waals surface area contributed by atoms with E-state index in [1.165, 1.54) is 25.3 Å². The van der Waals surface area contributed by atoms with Crippen LogP contribution in [0.15, 0.2) is 48.5 Å². The van der Waals surface area contributed by atoms with Crippen molar-refractivity contribution < 1.29 is 18.7 Å². The number of nitrogens with one attached hydrogen (secondary N) is 1. The Kier molecular flexibility index (Phi) is 5.71. The van der Waals surface area contributed by atoms with E-state index in [1.807, 2.05) is 0 Å². The molecule has 1 atom stereocenters. The molecular formula is C17H15ClFNO3. The average Bonchev–Trinajstić information content (AvgIpc) is 2.54. The van der Waals surface area contributed by atoms with Crippen LogP contribution in [0.4, 0.5) is 4.39 Å². The van der Waals surface area contributed by atoms with Gasteiger partial charge in [-0.3, -0.25) is 4.79 Å². The molecule has 0 unspecified atom stereocenters. The predicted octanol–water partition coefficient (Wildman–Crippen LogP) is 2.99. The normalized spacial score (nSPS) is 11.6. The van der Waals surface area contributed by atoms with Gasteiger partial charge in [-0.1, -0.05) is 35.9 Å². The molecule has 2 aromatic carbocycles. The Balaban J connectivity index is 2.17. The van der Waals surface area contributed by atoms with Crippen molar-refractivity contribution in [1.29, 1.82) is 0 Å². The van der Waals surface area contributed by atoms with Crippen molar-refractivity contribution >= 4 is 23.5 Å². The molecule has 120 valence electrons. The van der Waals surface area contributed by atoms with Gasteiger partial charge in [0.05, 0.1) is 17.7 Å². The summed E-state index contributed by atoms with van der Waals surface area (Å²) in [6, 6.07) is 11.4. The number of rotatable bonds is 5. The van der Waals surface area contributed by atoms with Crippen LogP contribution in [0.5, 0.6) is 0 Å². The second kappa shape index (κ2) is 7.74. The van der Waals surface area contributed by atoms with Gasteiger partial charge >= 0.3 is 5.97 Å². The van der Waals surface area contributed by atoms with E-state index in [0.29, 0.717) is 5.56 Å². The van der Waals surface area contributed by atoms with Crippen molar-refractivity contribution in [2.45, 2.75) is 12.5 Å². The van der Waals surface area contributed by atoms with Crippen LogP contribution in [-0.2, 0) is 16.0 Å². The lowest BCUT2D eigenvalue weighted by Crippen LogP contribution is -2.43. The molecule has 0 saturated carbocycles. The Morgan fingerprint density at radius 2 is 1.96 bits per heavy atom. The molecule has 23 heavy (non-hydrogen) atoms. The minimum atomic E-state index is -0.939. The fraction of sp³-hybridized carbons (Fsp3) is 0.176. The third-order valence-electron chi connectivity index (χ3n) is 3.24. The number of benzene rings is 2. The fourth-order valence-corrected chi connectivity index (χ4v) is 2.34. The average molecular weight is 336 g/mol. The number of hydrogen-bond donors (Lipinski definition) is 1. The lowest BCUT2D eigenvalue weighted by molar-refractivity contribution is -0.142. The first kappa shape index (κ1) is 17.0. The molecule has 2 aromatic rings. The van der Waals surface area contributed by atoms with Gasteiger partial charge in [0.2, 0.25) is 0 Å². The summed E-state index contributed by atoms with van der Waals surface area (Å²) in [6.45, 7) is 0. The Morgan fingerprint density at radius 3 is 2.61 bits per heavy atom. The lowest BCUT2D eigenvalue weighted by Gasteiger charge is -2.17. The minimum Gasteiger partial charge on any atom is -0.467 e. The molecule has 0 aliphatic carbocycles. The number of carbonyl (C=O) groups is 2. The Labute approximate surface area is 138 Å². The lowest BCUT2D eigenvalue weighted by atomic mass is 10.1. The highest BCUT2D eigenvalue weighted by molar-refractivity contribution is 6.33. The van der Waals surface area contributed by atoms with E-state index in [2.05, 4.69) is 5.32 Å². The molecular weight excluding hydrogens is 321 g/mol. The van der Waals surface area contributed by atoms with Gasteiger partial charge in [-0.25, -0.2) is 9.18 Å². The standard InChI is InChI=1S/C17H15ClFNO3/c1-23-17(22)15(10-11-5-4-6-12(19)9-11)20-16(21)13-7-2-3-8-14(13)18/h2-9,15H,10H2,1H3,(H,20,21)/t15-/m0/s1. The third-order valence-corrected chi connectivity index (χ3v) is 3.57. The number of hydrogen-bond acceptors (Lipinski definition) is 3. The molecule has 0 spiro atoms. The Bertz CT molecular complexity index is 720. The van der Waals surface area contributed by atoms with Crippen LogP contribution in [0, 0.1) is 5.82 Å². The monoisotopic (exact) mass is 335 g/mol. The van der Waals surface area contributed by atoms with Crippen LogP contribution in [0.1, 0.15) is 15.9 Å². The fourth-order valence-electron chi connectivity index (χ4n) is 2.12. The number of methoxy groups -OCH3 is 1. The van der Waals surface area contributed by atoms with Crippen molar-refractivity contribution in [3.05, 3.63) is 70.5 Å². The highest BCUT2D eigenvalue weighted by Gasteiger charge is 2.23. The Morgan fingerprint density at radius 1 is 1.22 bits per heavy atom. The molecule has 4 nitrogen and oxygen atoms in total. The van der Waals surface area contributed by atoms with Gasteiger partial charge in [0.25, 0.3) is 5.91 Å². The summed E-state index contributed by atoms with van der Waals surface area (Å²) in [5.74, 6) is -1.53. The molecule has 0 fully saturated rings. The number of amides is 1. The number of carbonyl (C=O) groups excluding carboxylic acids is 2. The summed E-state index contributed by atoms with van der Waals surface area (Å²) in [7, 11) is 1.22. The van der Waals surface area contributed by atoms with Gasteiger partial charge in [0.15, 0.2) is 0 Å². The molecule has 0 aliphatic rings. The minimum absolute atomic E-state index is 0.112. The van der Waals surface area contributed by atoms with Gasteiger partial charge in [-0.15, -0.1) is 0 Å². The van der Waals surface area contributed by atoms with Crippen LogP contribution in [-0.4, -0.2) is 25.0 Å². The summed E-state index contributed by atoms with van der Waals surface area (Å²) in [5.41, 5.74) is 0.821. The van der Waals surface area contributed by atoms with Crippen LogP contribution in [0.25, 0.3) is 0 Å². The summed E-state index contributed by atoms with van der Waals surface area (Å²) in [4.78, 5) is 24.2. The molecule has 0 heterocycles. The van der Waals surface area contributed by atoms with E-state index in [1.54, 1.807) is 30.3 Å². The summed E-state index contributed by atoms with van der Waals surface area (Å²) in [6.07, 6.45) is 0.112. The van der Waals surface area contributed by atoms with Crippen LogP contribution < -0.4 is 5.32 Å². The van der Waals surface area contributed by atoms with Gasteiger partial charge in [0.1, 0.15) is 11.9 Å². The van der Waals surface area contributed by atoms with E-state index < -0.39 is 23.7 Å². The smallest absolute Gasteiger partial charge is 0.328 e. The largest absolute Gasteiger partial charge is 0.467 e. The number of halogens is 2. The van der Waals surface area contributed by atoms with E-state index in [-0.39, 0.29) is 17.0 Å². The second-order valence-electron chi connectivity index (χ2n) is 4.86. The number of ether oxygens (including phenoxy) is 1. The van der Waals surface area contributed by atoms with Crippen LogP contribution >= 0.6 is 11.6 Å². The van der Waals surface area contributed by atoms with Crippen molar-refractivity contribution in [3.8, 4) is 0 Å². The SMILES string of the molecule is COC(=O)[C@H](Cc1cccc(F)c1)NC(=O)c1ccccc1Cl. The highest BCUT2D eigenvalue weighted by Crippen LogP contribution is 2.15. The molecule has 0 aliphatic heterocycles. The quantitative estimate of drug-likeness (QED) is 0.855.